The molecule has 144 valence electrons. The molecule has 0 bridgehead atoms. The number of halogens is 3. The smallest absolute Gasteiger partial charge is 0.266 e. The molecule has 29 heavy (non-hydrogen) atoms. The second-order valence-corrected chi connectivity index (χ2v) is 7.51. The Morgan fingerprint density at radius 1 is 1.10 bits per heavy atom. The lowest BCUT2D eigenvalue weighted by Crippen LogP contribution is -2.14. The van der Waals surface area contributed by atoms with E-state index < -0.39 is 11.7 Å². The lowest BCUT2D eigenvalue weighted by atomic mass is 9.98. The highest BCUT2D eigenvalue weighted by molar-refractivity contribution is 9.10. The SMILES string of the molecule is N#C/C(=C\c1cc(Cl)ccc1Cc1ccccc1Br)C(=O)Nc1ccccc1F. The van der Waals surface area contributed by atoms with Crippen LogP contribution < -0.4 is 5.32 Å². The summed E-state index contributed by atoms with van der Waals surface area (Å²) < 4.78 is 14.8. The second kappa shape index (κ2) is 9.51. The summed E-state index contributed by atoms with van der Waals surface area (Å²) >= 11 is 9.67. The summed E-state index contributed by atoms with van der Waals surface area (Å²) in [7, 11) is 0. The molecule has 0 saturated carbocycles. The maximum Gasteiger partial charge on any atom is 0.266 e. The molecule has 3 aromatic rings. The molecule has 1 amide bonds. The van der Waals surface area contributed by atoms with Crippen LogP contribution in [0.1, 0.15) is 16.7 Å². The van der Waals surface area contributed by atoms with E-state index in [0.29, 0.717) is 17.0 Å². The number of carbonyl (C=O) groups excluding carboxylic acids is 1. The molecular formula is C23H15BrClFN2O. The fourth-order valence-corrected chi connectivity index (χ4v) is 3.37. The second-order valence-electron chi connectivity index (χ2n) is 6.22. The zero-order valence-electron chi connectivity index (χ0n) is 15.1. The monoisotopic (exact) mass is 468 g/mol. The van der Waals surface area contributed by atoms with Crippen LogP contribution in [0.25, 0.3) is 6.08 Å². The number of hydrogen-bond acceptors (Lipinski definition) is 2. The van der Waals surface area contributed by atoms with Crippen molar-refractivity contribution in [1.29, 1.82) is 5.26 Å². The molecule has 0 saturated heterocycles. The average Bonchev–Trinajstić information content (AvgIpc) is 2.71. The molecule has 0 radical (unpaired) electrons. The largest absolute Gasteiger partial charge is 0.319 e. The van der Waals surface area contributed by atoms with Gasteiger partial charge < -0.3 is 5.32 Å². The van der Waals surface area contributed by atoms with Gasteiger partial charge in [-0.15, -0.1) is 0 Å². The van der Waals surface area contributed by atoms with Crippen LogP contribution in [-0.2, 0) is 11.2 Å². The molecule has 1 N–H and O–H groups in total. The van der Waals surface area contributed by atoms with Gasteiger partial charge >= 0.3 is 0 Å². The maximum absolute atomic E-state index is 13.8. The van der Waals surface area contributed by atoms with Gasteiger partial charge in [0.1, 0.15) is 17.5 Å². The van der Waals surface area contributed by atoms with E-state index in [-0.39, 0.29) is 11.3 Å². The van der Waals surface area contributed by atoms with Gasteiger partial charge in [0.15, 0.2) is 0 Å². The first-order valence-electron chi connectivity index (χ1n) is 8.67. The summed E-state index contributed by atoms with van der Waals surface area (Å²) in [5.41, 5.74) is 2.46. The Hall–Kier alpha value is -2.94. The van der Waals surface area contributed by atoms with Crippen molar-refractivity contribution in [3.05, 3.63) is 104 Å². The van der Waals surface area contributed by atoms with Gasteiger partial charge in [-0.3, -0.25) is 4.79 Å². The van der Waals surface area contributed by atoms with Crippen molar-refractivity contribution < 1.29 is 9.18 Å². The third kappa shape index (κ3) is 5.32. The highest BCUT2D eigenvalue weighted by Crippen LogP contribution is 2.25. The first kappa shape index (κ1) is 20.8. The van der Waals surface area contributed by atoms with Gasteiger partial charge in [0, 0.05) is 9.50 Å². The van der Waals surface area contributed by atoms with Crippen LogP contribution in [0.2, 0.25) is 5.02 Å². The first-order valence-corrected chi connectivity index (χ1v) is 9.84. The lowest BCUT2D eigenvalue weighted by molar-refractivity contribution is -0.112. The van der Waals surface area contributed by atoms with Gasteiger partial charge in [-0.25, -0.2) is 4.39 Å². The van der Waals surface area contributed by atoms with Crippen molar-refractivity contribution in [1.82, 2.24) is 0 Å². The standard InChI is InChI=1S/C23H15BrClFN2O/c24-20-6-2-1-5-16(20)11-15-9-10-19(25)13-17(15)12-18(14-27)23(29)28-22-8-4-3-7-21(22)26/h1-10,12-13H,11H2,(H,28,29)/b18-12+. The number of amides is 1. The van der Waals surface area contributed by atoms with Gasteiger partial charge in [-0.2, -0.15) is 5.26 Å². The van der Waals surface area contributed by atoms with Gasteiger partial charge in [-0.05, 0) is 59.5 Å². The number of para-hydroxylation sites is 1. The van der Waals surface area contributed by atoms with Crippen LogP contribution >= 0.6 is 27.5 Å². The van der Waals surface area contributed by atoms with Crippen molar-refractivity contribution >= 4 is 45.2 Å². The molecule has 0 fully saturated rings. The van der Waals surface area contributed by atoms with E-state index in [9.17, 15) is 14.4 Å². The number of anilines is 1. The van der Waals surface area contributed by atoms with E-state index in [0.717, 1.165) is 15.6 Å². The van der Waals surface area contributed by atoms with E-state index in [4.69, 9.17) is 11.6 Å². The van der Waals surface area contributed by atoms with Crippen LogP contribution in [0.3, 0.4) is 0 Å². The zero-order chi connectivity index (χ0) is 20.8. The van der Waals surface area contributed by atoms with Crippen LogP contribution in [0.5, 0.6) is 0 Å². The molecule has 3 aromatic carbocycles. The maximum atomic E-state index is 13.8. The van der Waals surface area contributed by atoms with Crippen LogP contribution in [0.4, 0.5) is 10.1 Å². The summed E-state index contributed by atoms with van der Waals surface area (Å²) in [6.45, 7) is 0. The number of nitrogens with zero attached hydrogens (tertiary/aromatic N) is 1. The predicted molar refractivity (Wildman–Crippen MR) is 117 cm³/mol. The topological polar surface area (TPSA) is 52.9 Å². The number of rotatable bonds is 5. The lowest BCUT2D eigenvalue weighted by Gasteiger charge is -2.10. The van der Waals surface area contributed by atoms with Crippen molar-refractivity contribution in [3.63, 3.8) is 0 Å². The molecule has 3 nitrogen and oxygen atoms in total. The quantitative estimate of drug-likeness (QED) is 0.348. The Bertz CT molecular complexity index is 1140. The number of nitriles is 1. The summed E-state index contributed by atoms with van der Waals surface area (Å²) in [6.07, 6.45) is 2.05. The number of nitrogens with one attached hydrogen (secondary N) is 1. The Labute approximate surface area is 181 Å². The normalized spacial score (nSPS) is 11.0. The van der Waals surface area contributed by atoms with E-state index in [1.54, 1.807) is 18.2 Å². The van der Waals surface area contributed by atoms with E-state index in [2.05, 4.69) is 21.2 Å². The molecule has 0 heterocycles. The Morgan fingerprint density at radius 2 is 1.83 bits per heavy atom. The van der Waals surface area contributed by atoms with Gasteiger partial charge in [-0.1, -0.05) is 63.9 Å². The highest BCUT2D eigenvalue weighted by Gasteiger charge is 2.13. The molecule has 0 aliphatic rings. The predicted octanol–water partition coefficient (Wildman–Crippen LogP) is 6.38. The first-order chi connectivity index (χ1) is 14.0. The molecule has 0 atom stereocenters. The van der Waals surface area contributed by atoms with Crippen molar-refractivity contribution in [2.75, 3.05) is 5.32 Å². The van der Waals surface area contributed by atoms with Crippen LogP contribution in [0.15, 0.2) is 76.8 Å². The van der Waals surface area contributed by atoms with Crippen molar-refractivity contribution in [2.24, 2.45) is 0 Å². The Balaban J connectivity index is 1.94. The van der Waals surface area contributed by atoms with Crippen molar-refractivity contribution in [2.45, 2.75) is 6.42 Å². The molecule has 0 aliphatic heterocycles. The summed E-state index contributed by atoms with van der Waals surface area (Å²) in [5.74, 6) is -1.26. The summed E-state index contributed by atoms with van der Waals surface area (Å²) in [6, 6.07) is 20.8. The molecule has 3 rings (SSSR count). The Kier molecular flexibility index (Phi) is 6.82. The highest BCUT2D eigenvalue weighted by atomic mass is 79.9. The molecule has 0 spiro atoms. The molecule has 0 aromatic heterocycles. The zero-order valence-corrected chi connectivity index (χ0v) is 17.5. The Morgan fingerprint density at radius 3 is 2.55 bits per heavy atom. The van der Waals surface area contributed by atoms with E-state index in [1.807, 2.05) is 36.4 Å². The number of hydrogen-bond donors (Lipinski definition) is 1. The minimum Gasteiger partial charge on any atom is -0.319 e. The number of carbonyl (C=O) groups is 1. The fourth-order valence-electron chi connectivity index (χ4n) is 2.76. The molecule has 0 unspecified atom stereocenters. The van der Waals surface area contributed by atoms with E-state index >= 15 is 0 Å². The number of benzene rings is 3. The van der Waals surface area contributed by atoms with E-state index in [1.165, 1.54) is 24.3 Å². The molecule has 6 heteroatoms. The summed E-state index contributed by atoms with van der Waals surface area (Å²) in [5, 5.41) is 12.4. The summed E-state index contributed by atoms with van der Waals surface area (Å²) in [4.78, 5) is 12.5. The van der Waals surface area contributed by atoms with Gasteiger partial charge in [0.05, 0.1) is 5.69 Å². The van der Waals surface area contributed by atoms with Crippen LogP contribution in [0, 0.1) is 17.1 Å². The van der Waals surface area contributed by atoms with Crippen molar-refractivity contribution in [3.8, 4) is 6.07 Å². The molecular weight excluding hydrogens is 455 g/mol. The third-order valence-corrected chi connectivity index (χ3v) is 5.24. The third-order valence-electron chi connectivity index (χ3n) is 4.23. The minimum absolute atomic E-state index is 0.0122. The minimum atomic E-state index is -0.690. The van der Waals surface area contributed by atoms with Gasteiger partial charge in [0.25, 0.3) is 5.91 Å². The van der Waals surface area contributed by atoms with Gasteiger partial charge in [0.2, 0.25) is 0 Å². The average molecular weight is 470 g/mol. The van der Waals surface area contributed by atoms with Crippen LogP contribution in [-0.4, -0.2) is 5.91 Å². The molecule has 0 aliphatic carbocycles. The fraction of sp³-hybridized carbons (Fsp3) is 0.0435.